The molecule has 5 rings (SSSR count). The van der Waals surface area contributed by atoms with Crippen molar-refractivity contribution in [3.8, 4) is 0 Å². The third-order valence-electron chi connectivity index (χ3n) is 9.30. The van der Waals surface area contributed by atoms with E-state index in [-0.39, 0.29) is 5.69 Å². The van der Waals surface area contributed by atoms with Gasteiger partial charge in [-0.05, 0) is 54.3 Å². The van der Waals surface area contributed by atoms with Crippen LogP contribution in [0.15, 0.2) is 61.0 Å². The molecule has 1 aliphatic carbocycles. The average molecular weight is 584 g/mol. The molecule has 4 heterocycles. The minimum absolute atomic E-state index is 0.255. The Bertz CT molecular complexity index is 1460. The van der Waals surface area contributed by atoms with Gasteiger partial charge in [-0.25, -0.2) is 4.98 Å². The number of rotatable bonds is 8. The monoisotopic (exact) mass is 583 g/mol. The van der Waals surface area contributed by atoms with E-state index in [0.717, 1.165) is 43.0 Å². The maximum absolute atomic E-state index is 14.7. The molecule has 3 N–H and O–H groups in total. The second-order valence-electron chi connectivity index (χ2n) is 12.8. The van der Waals surface area contributed by atoms with Crippen LogP contribution in [0.2, 0.25) is 0 Å². The summed E-state index contributed by atoms with van der Waals surface area (Å²) in [5.41, 5.74) is -1.46. The quantitative estimate of drug-likeness (QED) is 0.347. The highest BCUT2D eigenvalue weighted by Gasteiger charge is 2.59. The van der Waals surface area contributed by atoms with Crippen LogP contribution in [0, 0.1) is 10.8 Å². The smallest absolute Gasteiger partial charge is 0.388 e. The number of aliphatic hydroxyl groups is 2. The fourth-order valence-corrected chi connectivity index (χ4v) is 6.18. The number of pyridine rings is 2. The molecule has 3 aromatic heterocycles. The first-order chi connectivity index (χ1) is 19.7. The van der Waals surface area contributed by atoms with Crippen molar-refractivity contribution in [3.63, 3.8) is 0 Å². The standard InChI is InChI=1S/C32H40F3N5O2/c1-29(2,30(3)17-22(7-10-28(30)41)23-6-5-11-36-19-23)21-31(42,32(33,34)35)18-25-16-27-26(38-25)9-8-24(37-27)20-40-14-12-39(4)13-15-40/h5-11,16-17,19,28,38,41-42H,12-15,18,20-21H2,1-4H3. The fraction of sp³-hybridized carbons (Fsp3) is 0.500. The molecule has 1 aliphatic heterocycles. The number of nitrogens with zero attached hydrogens (tertiary/aromatic N) is 4. The van der Waals surface area contributed by atoms with Crippen LogP contribution in [-0.2, 0) is 13.0 Å². The zero-order valence-corrected chi connectivity index (χ0v) is 24.6. The van der Waals surface area contributed by atoms with E-state index in [1.54, 1.807) is 63.5 Å². The third kappa shape index (κ3) is 6.04. The van der Waals surface area contributed by atoms with Gasteiger partial charge in [-0.2, -0.15) is 13.2 Å². The lowest BCUT2D eigenvalue weighted by molar-refractivity contribution is -0.274. The second-order valence-corrected chi connectivity index (χ2v) is 12.8. The molecule has 3 atom stereocenters. The van der Waals surface area contributed by atoms with Crippen molar-refractivity contribution < 1.29 is 23.4 Å². The summed E-state index contributed by atoms with van der Waals surface area (Å²) in [4.78, 5) is 16.5. The number of aromatic amines is 1. The molecule has 0 aromatic carbocycles. The highest BCUT2D eigenvalue weighted by molar-refractivity contribution is 5.76. The van der Waals surface area contributed by atoms with Crippen LogP contribution < -0.4 is 0 Å². The zero-order chi connectivity index (χ0) is 30.3. The zero-order valence-electron chi connectivity index (χ0n) is 24.6. The summed E-state index contributed by atoms with van der Waals surface area (Å²) >= 11 is 0. The molecule has 0 radical (unpaired) electrons. The number of likely N-dealkylation sites (N-methyl/N-ethyl adjacent to an activating group) is 1. The molecule has 0 bridgehead atoms. The molecule has 3 aromatic rings. The third-order valence-corrected chi connectivity index (χ3v) is 9.30. The van der Waals surface area contributed by atoms with Crippen molar-refractivity contribution in [2.75, 3.05) is 33.2 Å². The number of fused-ring (bicyclic) bond motifs is 1. The predicted octanol–water partition coefficient (Wildman–Crippen LogP) is 4.98. The number of nitrogens with one attached hydrogen (secondary N) is 1. The number of halogens is 3. The normalized spacial score (nSPS) is 24.1. The Morgan fingerprint density at radius 3 is 2.52 bits per heavy atom. The van der Waals surface area contributed by atoms with Gasteiger partial charge in [0.05, 0.1) is 22.8 Å². The first-order valence-corrected chi connectivity index (χ1v) is 14.4. The predicted molar refractivity (Wildman–Crippen MR) is 157 cm³/mol. The first-order valence-electron chi connectivity index (χ1n) is 14.4. The van der Waals surface area contributed by atoms with Gasteiger partial charge in [0.1, 0.15) is 0 Å². The number of hydrogen-bond donors (Lipinski definition) is 3. The van der Waals surface area contributed by atoms with Gasteiger partial charge in [-0.1, -0.05) is 45.1 Å². The van der Waals surface area contributed by atoms with Crippen molar-refractivity contribution in [2.45, 2.75) is 58.0 Å². The molecule has 0 spiro atoms. The van der Waals surface area contributed by atoms with Crippen LogP contribution in [0.1, 0.15) is 44.1 Å². The van der Waals surface area contributed by atoms with Crippen molar-refractivity contribution in [3.05, 3.63) is 77.9 Å². The molecule has 1 saturated heterocycles. The minimum Gasteiger partial charge on any atom is -0.388 e. The SMILES string of the molecule is CN1CCN(Cc2ccc3[nH]c(CC(O)(CC(C)(C)C4(C)C=C(c5cccnc5)C=CC4O)C(F)(F)F)cc3n2)CC1. The van der Waals surface area contributed by atoms with E-state index in [9.17, 15) is 23.4 Å². The summed E-state index contributed by atoms with van der Waals surface area (Å²) in [6.45, 7) is 9.59. The van der Waals surface area contributed by atoms with Crippen LogP contribution in [0.4, 0.5) is 13.2 Å². The number of alkyl halides is 3. The van der Waals surface area contributed by atoms with Crippen molar-refractivity contribution in [1.29, 1.82) is 0 Å². The number of allylic oxidation sites excluding steroid dienone is 2. The molecule has 226 valence electrons. The maximum Gasteiger partial charge on any atom is 0.417 e. The van der Waals surface area contributed by atoms with Gasteiger partial charge in [0.2, 0.25) is 0 Å². The Morgan fingerprint density at radius 2 is 1.86 bits per heavy atom. The molecular weight excluding hydrogens is 543 g/mol. The van der Waals surface area contributed by atoms with Gasteiger partial charge >= 0.3 is 6.18 Å². The average Bonchev–Trinajstić information content (AvgIpc) is 3.32. The van der Waals surface area contributed by atoms with E-state index in [1.807, 2.05) is 18.2 Å². The van der Waals surface area contributed by atoms with Crippen molar-refractivity contribution in [1.82, 2.24) is 24.8 Å². The van der Waals surface area contributed by atoms with E-state index in [1.165, 1.54) is 0 Å². The van der Waals surface area contributed by atoms with Crippen molar-refractivity contribution in [2.24, 2.45) is 10.8 Å². The van der Waals surface area contributed by atoms with E-state index in [4.69, 9.17) is 4.98 Å². The van der Waals surface area contributed by atoms with Gasteiger partial charge < -0.3 is 20.1 Å². The number of aliphatic hydroxyl groups excluding tert-OH is 1. The summed E-state index contributed by atoms with van der Waals surface area (Å²) in [6.07, 6.45) is 1.24. The summed E-state index contributed by atoms with van der Waals surface area (Å²) in [5.74, 6) is 0. The van der Waals surface area contributed by atoms with Gasteiger partial charge in [0.15, 0.2) is 5.60 Å². The lowest BCUT2D eigenvalue weighted by Crippen LogP contribution is -2.54. The molecule has 0 amide bonds. The highest BCUT2D eigenvalue weighted by Crippen LogP contribution is 2.53. The maximum atomic E-state index is 14.7. The number of H-pyrrole nitrogens is 1. The molecule has 2 aliphatic rings. The Kier molecular flexibility index (Phi) is 8.12. The minimum atomic E-state index is -4.91. The summed E-state index contributed by atoms with van der Waals surface area (Å²) in [7, 11) is 2.09. The van der Waals surface area contributed by atoms with Crippen LogP contribution in [-0.4, -0.2) is 86.1 Å². The molecule has 1 fully saturated rings. The second kappa shape index (κ2) is 11.2. The summed E-state index contributed by atoms with van der Waals surface area (Å²) in [5, 5.41) is 22.4. The summed E-state index contributed by atoms with van der Waals surface area (Å²) in [6, 6.07) is 8.98. The van der Waals surface area contributed by atoms with E-state index >= 15 is 0 Å². The number of piperazine rings is 1. The van der Waals surface area contributed by atoms with Gasteiger partial charge in [-0.3, -0.25) is 9.88 Å². The van der Waals surface area contributed by atoms with Crippen LogP contribution >= 0.6 is 0 Å². The molecule has 7 nitrogen and oxygen atoms in total. The Labute approximate surface area is 244 Å². The van der Waals surface area contributed by atoms with Crippen LogP contribution in [0.3, 0.4) is 0 Å². The number of hydrogen-bond acceptors (Lipinski definition) is 6. The lowest BCUT2D eigenvalue weighted by Gasteiger charge is -2.50. The molecule has 0 saturated carbocycles. The lowest BCUT2D eigenvalue weighted by atomic mass is 9.57. The van der Waals surface area contributed by atoms with Crippen LogP contribution in [0.25, 0.3) is 16.6 Å². The number of aromatic nitrogens is 3. The molecular formula is C32H40F3N5O2. The highest BCUT2D eigenvalue weighted by atomic mass is 19.4. The van der Waals surface area contributed by atoms with Crippen molar-refractivity contribution >= 4 is 16.6 Å². The first kappa shape index (κ1) is 30.4. The Balaban J connectivity index is 1.39. The van der Waals surface area contributed by atoms with Gasteiger partial charge in [0.25, 0.3) is 0 Å². The van der Waals surface area contributed by atoms with E-state index in [2.05, 4.69) is 26.8 Å². The topological polar surface area (TPSA) is 88.5 Å². The van der Waals surface area contributed by atoms with E-state index in [0.29, 0.717) is 17.6 Å². The van der Waals surface area contributed by atoms with E-state index < -0.39 is 41.6 Å². The van der Waals surface area contributed by atoms with Gasteiger partial charge in [-0.15, -0.1) is 0 Å². The molecule has 10 heteroatoms. The molecule has 42 heavy (non-hydrogen) atoms. The van der Waals surface area contributed by atoms with Gasteiger partial charge in [0, 0.05) is 62.6 Å². The Hall–Kier alpha value is -3.05. The largest absolute Gasteiger partial charge is 0.417 e. The Morgan fingerprint density at radius 1 is 1.12 bits per heavy atom. The summed E-state index contributed by atoms with van der Waals surface area (Å²) < 4.78 is 44.0. The molecule has 3 unspecified atom stereocenters. The van der Waals surface area contributed by atoms with Crippen LogP contribution in [0.5, 0.6) is 0 Å². The fourth-order valence-electron chi connectivity index (χ4n) is 6.18.